The summed E-state index contributed by atoms with van der Waals surface area (Å²) in [5.74, 6) is -0.197. The predicted molar refractivity (Wildman–Crippen MR) is 101 cm³/mol. The van der Waals surface area contributed by atoms with Crippen molar-refractivity contribution in [3.8, 4) is 0 Å². The summed E-state index contributed by atoms with van der Waals surface area (Å²) in [5, 5.41) is 2.92. The fraction of sp³-hybridized carbons (Fsp3) is 0.263. The summed E-state index contributed by atoms with van der Waals surface area (Å²) in [6.45, 7) is 5.83. The van der Waals surface area contributed by atoms with Crippen LogP contribution in [0.4, 0.5) is 11.4 Å². The zero-order valence-corrected chi connectivity index (χ0v) is 15.7. The highest BCUT2D eigenvalue weighted by Crippen LogP contribution is 2.21. The topological polar surface area (TPSA) is 49.4 Å². The molecule has 2 aromatic rings. The molecule has 0 spiro atoms. The van der Waals surface area contributed by atoms with Crippen LogP contribution in [0.15, 0.2) is 46.9 Å². The Morgan fingerprint density at radius 2 is 1.83 bits per heavy atom. The average Bonchev–Trinajstić information content (AvgIpc) is 2.52. The van der Waals surface area contributed by atoms with Gasteiger partial charge in [0, 0.05) is 35.7 Å². The second kappa shape index (κ2) is 8.11. The molecular formula is C19H21BrN2O2. The van der Waals surface area contributed by atoms with Crippen molar-refractivity contribution in [1.29, 1.82) is 0 Å². The molecular weight excluding hydrogens is 368 g/mol. The molecule has 126 valence electrons. The maximum Gasteiger partial charge on any atom is 0.226 e. The molecule has 0 aliphatic heterocycles. The minimum Gasteiger partial charge on any atom is -0.326 e. The van der Waals surface area contributed by atoms with Gasteiger partial charge in [0.15, 0.2) is 0 Å². The summed E-state index contributed by atoms with van der Waals surface area (Å²) in [7, 11) is 0. The van der Waals surface area contributed by atoms with E-state index < -0.39 is 0 Å². The number of amides is 2. The first-order valence-corrected chi connectivity index (χ1v) is 8.57. The normalized spacial score (nSPS) is 10.3. The van der Waals surface area contributed by atoms with Crippen molar-refractivity contribution >= 4 is 39.1 Å². The third-order valence-corrected chi connectivity index (χ3v) is 4.43. The highest BCUT2D eigenvalue weighted by atomic mass is 79.9. The SMILES string of the molecule is CC(=O)N(CCC(=O)Nc1cccc(C)c1C)c1cccc(Br)c1. The number of hydrogen-bond acceptors (Lipinski definition) is 2. The van der Waals surface area contributed by atoms with Crippen molar-refractivity contribution in [3.05, 3.63) is 58.1 Å². The van der Waals surface area contributed by atoms with Gasteiger partial charge in [-0.25, -0.2) is 0 Å². The van der Waals surface area contributed by atoms with Gasteiger partial charge in [-0.1, -0.05) is 34.1 Å². The maximum absolute atomic E-state index is 12.2. The number of halogens is 1. The minimum absolute atomic E-state index is 0.0902. The van der Waals surface area contributed by atoms with E-state index in [-0.39, 0.29) is 18.2 Å². The smallest absolute Gasteiger partial charge is 0.226 e. The Balaban J connectivity index is 2.03. The van der Waals surface area contributed by atoms with E-state index in [1.165, 1.54) is 6.92 Å². The monoisotopic (exact) mass is 388 g/mol. The van der Waals surface area contributed by atoms with Crippen molar-refractivity contribution in [3.63, 3.8) is 0 Å². The summed E-state index contributed by atoms with van der Waals surface area (Å²) >= 11 is 3.40. The van der Waals surface area contributed by atoms with E-state index in [9.17, 15) is 9.59 Å². The van der Waals surface area contributed by atoms with Crippen LogP contribution in [0.3, 0.4) is 0 Å². The zero-order chi connectivity index (χ0) is 17.7. The molecule has 0 radical (unpaired) electrons. The van der Waals surface area contributed by atoms with Crippen LogP contribution < -0.4 is 10.2 Å². The first kappa shape index (κ1) is 18.2. The average molecular weight is 389 g/mol. The third-order valence-electron chi connectivity index (χ3n) is 3.94. The summed E-state index contributed by atoms with van der Waals surface area (Å²) in [6.07, 6.45) is 0.236. The van der Waals surface area contributed by atoms with Gasteiger partial charge in [0.2, 0.25) is 11.8 Å². The highest BCUT2D eigenvalue weighted by molar-refractivity contribution is 9.10. The highest BCUT2D eigenvalue weighted by Gasteiger charge is 2.14. The Morgan fingerprint density at radius 1 is 1.12 bits per heavy atom. The summed E-state index contributed by atoms with van der Waals surface area (Å²) < 4.78 is 0.895. The van der Waals surface area contributed by atoms with E-state index in [2.05, 4.69) is 21.2 Å². The first-order valence-electron chi connectivity index (χ1n) is 7.78. The Bertz CT molecular complexity index is 759. The Hall–Kier alpha value is -2.14. The number of rotatable bonds is 5. The lowest BCUT2D eigenvalue weighted by Gasteiger charge is -2.21. The number of anilines is 2. The van der Waals surface area contributed by atoms with Crippen LogP contribution in [0.5, 0.6) is 0 Å². The lowest BCUT2D eigenvalue weighted by molar-refractivity contribution is -0.117. The van der Waals surface area contributed by atoms with Crippen molar-refractivity contribution < 1.29 is 9.59 Å². The molecule has 0 bridgehead atoms. The molecule has 0 aliphatic carbocycles. The van der Waals surface area contributed by atoms with Gasteiger partial charge < -0.3 is 10.2 Å². The number of hydrogen-bond donors (Lipinski definition) is 1. The van der Waals surface area contributed by atoms with Crippen LogP contribution in [-0.2, 0) is 9.59 Å². The van der Waals surface area contributed by atoms with Gasteiger partial charge in [-0.2, -0.15) is 0 Å². The number of nitrogens with zero attached hydrogens (tertiary/aromatic N) is 1. The van der Waals surface area contributed by atoms with Gasteiger partial charge >= 0.3 is 0 Å². The molecule has 0 heterocycles. The van der Waals surface area contributed by atoms with Crippen LogP contribution in [0.25, 0.3) is 0 Å². The lowest BCUT2D eigenvalue weighted by atomic mass is 10.1. The molecule has 2 aromatic carbocycles. The van der Waals surface area contributed by atoms with Crippen LogP contribution in [0, 0.1) is 13.8 Å². The van der Waals surface area contributed by atoms with Gasteiger partial charge in [-0.05, 0) is 49.2 Å². The number of benzene rings is 2. The number of carbonyl (C=O) groups excluding carboxylic acids is 2. The molecule has 0 fully saturated rings. The summed E-state index contributed by atoms with van der Waals surface area (Å²) in [5.41, 5.74) is 3.78. The molecule has 24 heavy (non-hydrogen) atoms. The minimum atomic E-state index is -0.107. The zero-order valence-electron chi connectivity index (χ0n) is 14.1. The van der Waals surface area contributed by atoms with Gasteiger partial charge in [0.05, 0.1) is 0 Å². The third kappa shape index (κ3) is 4.68. The largest absolute Gasteiger partial charge is 0.326 e. The van der Waals surface area contributed by atoms with E-state index in [1.54, 1.807) is 4.90 Å². The molecule has 0 atom stereocenters. The van der Waals surface area contributed by atoms with Crippen molar-refractivity contribution in [2.24, 2.45) is 0 Å². The summed E-state index contributed by atoms with van der Waals surface area (Å²) in [6, 6.07) is 13.3. The molecule has 4 nitrogen and oxygen atoms in total. The number of aryl methyl sites for hydroxylation is 1. The molecule has 2 amide bonds. The molecule has 0 unspecified atom stereocenters. The lowest BCUT2D eigenvalue weighted by Crippen LogP contribution is -2.32. The number of carbonyl (C=O) groups is 2. The Labute approximate surface area is 151 Å². The molecule has 2 rings (SSSR count). The molecule has 0 aliphatic rings. The van der Waals surface area contributed by atoms with Gasteiger partial charge in [-0.3, -0.25) is 9.59 Å². The Kier molecular flexibility index (Phi) is 6.15. The Morgan fingerprint density at radius 3 is 2.50 bits per heavy atom. The molecule has 1 N–H and O–H groups in total. The van der Waals surface area contributed by atoms with E-state index in [0.717, 1.165) is 27.0 Å². The second-order valence-corrected chi connectivity index (χ2v) is 6.61. The van der Waals surface area contributed by atoms with E-state index >= 15 is 0 Å². The molecule has 0 aromatic heterocycles. The van der Waals surface area contributed by atoms with Crippen LogP contribution in [-0.4, -0.2) is 18.4 Å². The van der Waals surface area contributed by atoms with E-state index in [4.69, 9.17) is 0 Å². The fourth-order valence-corrected chi connectivity index (χ4v) is 2.81. The maximum atomic E-state index is 12.2. The summed E-state index contributed by atoms with van der Waals surface area (Å²) in [4.78, 5) is 25.8. The van der Waals surface area contributed by atoms with Crippen molar-refractivity contribution in [2.75, 3.05) is 16.8 Å². The first-order chi connectivity index (χ1) is 11.4. The van der Waals surface area contributed by atoms with Crippen molar-refractivity contribution in [1.82, 2.24) is 0 Å². The molecule has 0 saturated heterocycles. The van der Waals surface area contributed by atoms with Crippen molar-refractivity contribution in [2.45, 2.75) is 27.2 Å². The fourth-order valence-electron chi connectivity index (χ4n) is 2.42. The predicted octanol–water partition coefficient (Wildman–Crippen LogP) is 4.45. The second-order valence-electron chi connectivity index (χ2n) is 5.70. The van der Waals surface area contributed by atoms with Crippen LogP contribution >= 0.6 is 15.9 Å². The van der Waals surface area contributed by atoms with Crippen LogP contribution in [0.1, 0.15) is 24.5 Å². The standard InChI is InChI=1S/C19H21BrN2O2/c1-13-6-4-9-18(14(13)2)21-19(24)10-11-22(15(3)23)17-8-5-7-16(20)12-17/h4-9,12H,10-11H2,1-3H3,(H,21,24). The molecule has 0 saturated carbocycles. The number of nitrogens with one attached hydrogen (secondary N) is 1. The van der Waals surface area contributed by atoms with Crippen LogP contribution in [0.2, 0.25) is 0 Å². The van der Waals surface area contributed by atoms with Gasteiger partial charge in [0.25, 0.3) is 0 Å². The quantitative estimate of drug-likeness (QED) is 0.822. The van der Waals surface area contributed by atoms with E-state index in [1.807, 2.05) is 56.3 Å². The van der Waals surface area contributed by atoms with Gasteiger partial charge in [-0.15, -0.1) is 0 Å². The van der Waals surface area contributed by atoms with E-state index in [0.29, 0.717) is 6.54 Å². The van der Waals surface area contributed by atoms with Gasteiger partial charge in [0.1, 0.15) is 0 Å². The molecule has 5 heteroatoms.